The number of hydrogen-bond donors (Lipinski definition) is 3. The molecule has 5 nitrogen and oxygen atoms in total. The minimum absolute atomic E-state index is 0.322. The quantitative estimate of drug-likeness (QED) is 0.364. The highest BCUT2D eigenvalue weighted by Crippen LogP contribution is 2.20. The summed E-state index contributed by atoms with van der Waals surface area (Å²) in [4.78, 5) is 5.09. The third-order valence-corrected chi connectivity index (χ3v) is 3.36. The number of phenols is 2. The molecule has 0 unspecified atom stereocenters. The Hall–Kier alpha value is -4.12. The van der Waals surface area contributed by atoms with Crippen LogP contribution < -0.4 is 10.3 Å². The summed E-state index contributed by atoms with van der Waals surface area (Å²) in [5.74, 6) is 1.52. The molecule has 0 atom stereocenters. The monoisotopic (exact) mass is 389 g/mol. The molecule has 1 aliphatic rings. The van der Waals surface area contributed by atoms with Gasteiger partial charge in [-0.3, -0.25) is 0 Å². The van der Waals surface area contributed by atoms with E-state index in [2.05, 4.69) is 9.90 Å². The van der Waals surface area contributed by atoms with E-state index in [0.717, 1.165) is 11.3 Å². The fourth-order valence-corrected chi connectivity index (χ4v) is 2.02. The van der Waals surface area contributed by atoms with Gasteiger partial charge < -0.3 is 19.5 Å². The second kappa shape index (κ2) is 13.1. The summed E-state index contributed by atoms with van der Waals surface area (Å²) >= 11 is 0. The summed E-state index contributed by atoms with van der Waals surface area (Å²) in [5.41, 5.74) is 3.77. The molecule has 0 bridgehead atoms. The van der Waals surface area contributed by atoms with Crippen LogP contribution in [0, 0.1) is 0 Å². The molecule has 148 valence electrons. The first-order valence-electron chi connectivity index (χ1n) is 8.89. The first kappa shape index (κ1) is 21.2. The van der Waals surface area contributed by atoms with Crippen LogP contribution in [0.15, 0.2) is 120 Å². The maximum absolute atomic E-state index is 8.63. The second-order valence-electron chi connectivity index (χ2n) is 5.56. The summed E-state index contributed by atoms with van der Waals surface area (Å²) in [7, 11) is 0. The highest BCUT2D eigenvalue weighted by molar-refractivity contribution is 5.57. The van der Waals surface area contributed by atoms with E-state index >= 15 is 0 Å². The molecule has 0 spiro atoms. The minimum atomic E-state index is 0.322. The molecule has 0 saturated carbocycles. The van der Waals surface area contributed by atoms with Gasteiger partial charge in [-0.25, -0.2) is 5.48 Å². The predicted molar refractivity (Wildman–Crippen MR) is 114 cm³/mol. The van der Waals surface area contributed by atoms with Crippen molar-refractivity contribution < 1.29 is 19.5 Å². The standard InChI is InChI=1S/C8H7NO.2C6H6O.C4H4O/c1-2-4-8-7(3-1)5-6-9-10-8;2*7-6-4-2-1-3-5-6;1-2-4-5-3-1/h1-6,9H;2*1-5,7H;1-4H. The van der Waals surface area contributed by atoms with Crippen LogP contribution in [0.1, 0.15) is 5.56 Å². The van der Waals surface area contributed by atoms with Crippen LogP contribution in [0.25, 0.3) is 6.08 Å². The highest BCUT2D eigenvalue weighted by Gasteiger charge is 2.01. The van der Waals surface area contributed by atoms with Crippen molar-refractivity contribution in [2.75, 3.05) is 0 Å². The van der Waals surface area contributed by atoms with E-state index in [-0.39, 0.29) is 0 Å². The molecule has 3 N–H and O–H groups in total. The molecule has 0 saturated heterocycles. The second-order valence-corrected chi connectivity index (χ2v) is 5.56. The normalized spacial score (nSPS) is 10.1. The summed E-state index contributed by atoms with van der Waals surface area (Å²) in [5, 5.41) is 17.3. The number of fused-ring (bicyclic) bond motifs is 1. The molecular formula is C24H23NO4. The van der Waals surface area contributed by atoms with Crippen LogP contribution in [-0.4, -0.2) is 10.2 Å². The van der Waals surface area contributed by atoms with Crippen LogP contribution in [0.4, 0.5) is 0 Å². The molecule has 5 rings (SSSR count). The van der Waals surface area contributed by atoms with E-state index < -0.39 is 0 Å². The number of aromatic hydroxyl groups is 2. The topological polar surface area (TPSA) is 74.9 Å². The predicted octanol–water partition coefficient (Wildman–Crippen LogP) is 5.62. The van der Waals surface area contributed by atoms with Gasteiger partial charge in [-0.2, -0.15) is 0 Å². The van der Waals surface area contributed by atoms with Gasteiger partial charge in [-0.1, -0.05) is 54.6 Å². The lowest BCUT2D eigenvalue weighted by molar-refractivity contribution is 0.239. The average Bonchev–Trinajstić information content (AvgIpc) is 3.36. The Morgan fingerprint density at radius 2 is 1.10 bits per heavy atom. The number of benzene rings is 3. The molecule has 29 heavy (non-hydrogen) atoms. The Bertz CT molecular complexity index is 869. The molecule has 4 aromatic rings. The van der Waals surface area contributed by atoms with Gasteiger partial charge in [0.05, 0.1) is 12.5 Å². The molecule has 2 heterocycles. The van der Waals surface area contributed by atoms with Gasteiger partial charge in [0.15, 0.2) is 5.75 Å². The number of rotatable bonds is 0. The van der Waals surface area contributed by atoms with Crippen molar-refractivity contribution in [1.29, 1.82) is 0 Å². The van der Waals surface area contributed by atoms with Crippen molar-refractivity contribution in [3.05, 3.63) is 121 Å². The number of phenolic OH excluding ortho intramolecular Hbond substituents is 2. The van der Waals surface area contributed by atoms with Crippen LogP contribution in [0.2, 0.25) is 0 Å². The van der Waals surface area contributed by atoms with Gasteiger partial charge in [0, 0.05) is 11.8 Å². The Labute approximate surface area is 170 Å². The molecule has 0 radical (unpaired) electrons. The van der Waals surface area contributed by atoms with E-state index in [1.165, 1.54) is 0 Å². The summed E-state index contributed by atoms with van der Waals surface area (Å²) in [6.07, 6.45) is 6.99. The first-order chi connectivity index (χ1) is 14.3. The Morgan fingerprint density at radius 3 is 1.52 bits per heavy atom. The SMILES string of the molecule is C1=Cc2ccccc2ON1.Oc1ccccc1.Oc1ccccc1.c1ccoc1. The average molecular weight is 389 g/mol. The Morgan fingerprint density at radius 1 is 0.586 bits per heavy atom. The number of para-hydroxylation sites is 3. The zero-order chi connectivity index (χ0) is 20.6. The molecule has 0 fully saturated rings. The number of furan rings is 1. The van der Waals surface area contributed by atoms with Crippen LogP contribution in [-0.2, 0) is 0 Å². The van der Waals surface area contributed by atoms with Crippen LogP contribution in [0.5, 0.6) is 17.2 Å². The smallest absolute Gasteiger partial charge is 0.162 e. The lowest BCUT2D eigenvalue weighted by Gasteiger charge is -2.11. The van der Waals surface area contributed by atoms with Crippen molar-refractivity contribution >= 4 is 6.08 Å². The summed E-state index contributed by atoms with van der Waals surface area (Å²) < 4.78 is 4.58. The van der Waals surface area contributed by atoms with Gasteiger partial charge in [-0.05, 0) is 48.5 Å². The molecule has 1 aromatic heterocycles. The van der Waals surface area contributed by atoms with Crippen molar-refractivity contribution in [2.45, 2.75) is 0 Å². The molecular weight excluding hydrogens is 366 g/mol. The van der Waals surface area contributed by atoms with Crippen LogP contribution in [0.3, 0.4) is 0 Å². The number of nitrogens with one attached hydrogen (secondary N) is 1. The highest BCUT2D eigenvalue weighted by atomic mass is 16.6. The zero-order valence-corrected chi connectivity index (χ0v) is 15.8. The van der Waals surface area contributed by atoms with E-state index in [9.17, 15) is 0 Å². The molecule has 3 aromatic carbocycles. The molecule has 0 aliphatic carbocycles. The van der Waals surface area contributed by atoms with Gasteiger partial charge in [0.25, 0.3) is 0 Å². The van der Waals surface area contributed by atoms with Crippen molar-refractivity contribution in [3.8, 4) is 17.2 Å². The van der Waals surface area contributed by atoms with Gasteiger partial charge in [-0.15, -0.1) is 0 Å². The lowest BCUT2D eigenvalue weighted by Crippen LogP contribution is -2.13. The van der Waals surface area contributed by atoms with E-state index in [0.29, 0.717) is 11.5 Å². The molecule has 0 amide bonds. The zero-order valence-electron chi connectivity index (χ0n) is 15.8. The van der Waals surface area contributed by atoms with E-state index in [1.807, 2.05) is 54.6 Å². The lowest BCUT2D eigenvalue weighted by atomic mass is 10.2. The van der Waals surface area contributed by atoms with E-state index in [4.69, 9.17) is 15.1 Å². The maximum atomic E-state index is 8.63. The summed E-state index contributed by atoms with van der Waals surface area (Å²) in [6.45, 7) is 0. The number of hydrogen-bond acceptors (Lipinski definition) is 5. The third kappa shape index (κ3) is 9.40. The van der Waals surface area contributed by atoms with Gasteiger partial charge in [0.2, 0.25) is 0 Å². The molecule has 1 aliphatic heterocycles. The third-order valence-electron chi connectivity index (χ3n) is 3.36. The molecule has 5 heteroatoms. The Kier molecular flexibility index (Phi) is 9.58. The maximum Gasteiger partial charge on any atom is 0.162 e. The van der Waals surface area contributed by atoms with E-state index in [1.54, 1.807) is 67.3 Å². The minimum Gasteiger partial charge on any atom is -0.508 e. The van der Waals surface area contributed by atoms with Crippen molar-refractivity contribution in [1.82, 2.24) is 5.48 Å². The van der Waals surface area contributed by atoms with Gasteiger partial charge >= 0.3 is 0 Å². The van der Waals surface area contributed by atoms with Crippen molar-refractivity contribution in [2.24, 2.45) is 0 Å². The van der Waals surface area contributed by atoms with Crippen molar-refractivity contribution in [3.63, 3.8) is 0 Å². The fourth-order valence-electron chi connectivity index (χ4n) is 2.02. The van der Waals surface area contributed by atoms with Gasteiger partial charge in [0.1, 0.15) is 11.5 Å². The fraction of sp³-hybridized carbons (Fsp3) is 0. The van der Waals surface area contributed by atoms with Crippen LogP contribution >= 0.6 is 0 Å². The Balaban J connectivity index is 0.000000142. The largest absolute Gasteiger partial charge is 0.508 e. The summed E-state index contributed by atoms with van der Waals surface area (Å²) in [6, 6.07) is 28.9. The number of hydroxylamine groups is 1. The first-order valence-corrected chi connectivity index (χ1v) is 8.89.